The standard InChI is InChI=1S/C12H22O4/c1-4-7-14-9-6-12(16-11(3)13)10-15-8-5-2/h5,12H,2,4,6-10H2,1,3H3. The second kappa shape index (κ2) is 10.6. The molecule has 94 valence electrons. The third-order valence-corrected chi connectivity index (χ3v) is 1.80. The Kier molecular flexibility index (Phi) is 10.1. The lowest BCUT2D eigenvalue weighted by Gasteiger charge is -2.16. The van der Waals surface area contributed by atoms with E-state index in [1.807, 2.05) is 0 Å². The molecule has 0 aliphatic heterocycles. The molecule has 1 unspecified atom stereocenters. The topological polar surface area (TPSA) is 44.8 Å². The van der Waals surface area contributed by atoms with Crippen molar-refractivity contribution in [2.45, 2.75) is 32.8 Å². The number of carbonyl (C=O) groups is 1. The second-order valence-electron chi connectivity index (χ2n) is 3.46. The highest BCUT2D eigenvalue weighted by Gasteiger charge is 2.11. The molecule has 0 heterocycles. The van der Waals surface area contributed by atoms with Gasteiger partial charge in [-0.15, -0.1) is 6.58 Å². The number of ether oxygens (including phenoxy) is 3. The molecule has 0 saturated carbocycles. The average Bonchev–Trinajstić information content (AvgIpc) is 2.23. The molecule has 0 bridgehead atoms. The zero-order valence-electron chi connectivity index (χ0n) is 10.2. The summed E-state index contributed by atoms with van der Waals surface area (Å²) in [5, 5.41) is 0. The molecule has 0 spiro atoms. The Morgan fingerprint density at radius 3 is 2.69 bits per heavy atom. The van der Waals surface area contributed by atoms with E-state index >= 15 is 0 Å². The Bertz CT molecular complexity index is 191. The summed E-state index contributed by atoms with van der Waals surface area (Å²) in [7, 11) is 0. The first-order chi connectivity index (χ1) is 7.70. The van der Waals surface area contributed by atoms with Crippen LogP contribution in [0.3, 0.4) is 0 Å². The molecule has 0 rings (SSSR count). The Hall–Kier alpha value is -0.870. The fraction of sp³-hybridized carbons (Fsp3) is 0.750. The lowest BCUT2D eigenvalue weighted by Crippen LogP contribution is -2.24. The van der Waals surface area contributed by atoms with Crippen LogP contribution >= 0.6 is 0 Å². The van der Waals surface area contributed by atoms with Crippen LogP contribution in [0.15, 0.2) is 12.7 Å². The van der Waals surface area contributed by atoms with E-state index in [1.165, 1.54) is 6.92 Å². The predicted molar refractivity (Wildman–Crippen MR) is 62.3 cm³/mol. The van der Waals surface area contributed by atoms with Crippen LogP contribution in [0.5, 0.6) is 0 Å². The van der Waals surface area contributed by atoms with Gasteiger partial charge in [-0.2, -0.15) is 0 Å². The SMILES string of the molecule is C=CCOCC(CCOCCC)OC(C)=O. The minimum atomic E-state index is -0.289. The molecular formula is C12H22O4. The monoisotopic (exact) mass is 230 g/mol. The van der Waals surface area contributed by atoms with Gasteiger partial charge < -0.3 is 14.2 Å². The van der Waals surface area contributed by atoms with E-state index in [4.69, 9.17) is 14.2 Å². The molecule has 0 aromatic heterocycles. The first kappa shape index (κ1) is 15.1. The highest BCUT2D eigenvalue weighted by Crippen LogP contribution is 2.01. The summed E-state index contributed by atoms with van der Waals surface area (Å²) in [5.41, 5.74) is 0. The van der Waals surface area contributed by atoms with Gasteiger partial charge in [0.05, 0.1) is 19.8 Å². The summed E-state index contributed by atoms with van der Waals surface area (Å²) in [5.74, 6) is -0.289. The van der Waals surface area contributed by atoms with Crippen molar-refractivity contribution in [2.75, 3.05) is 26.4 Å². The van der Waals surface area contributed by atoms with Gasteiger partial charge in [-0.3, -0.25) is 4.79 Å². The van der Waals surface area contributed by atoms with E-state index in [2.05, 4.69) is 13.5 Å². The van der Waals surface area contributed by atoms with Gasteiger partial charge in [-0.05, 0) is 6.42 Å². The van der Waals surface area contributed by atoms with Crippen LogP contribution in [0.2, 0.25) is 0 Å². The molecule has 0 N–H and O–H groups in total. The minimum absolute atomic E-state index is 0.227. The molecule has 0 radical (unpaired) electrons. The molecule has 0 saturated heterocycles. The summed E-state index contributed by atoms with van der Waals surface area (Å²) in [6.45, 7) is 9.17. The first-order valence-corrected chi connectivity index (χ1v) is 5.64. The highest BCUT2D eigenvalue weighted by atomic mass is 16.6. The number of hydrogen-bond donors (Lipinski definition) is 0. The molecular weight excluding hydrogens is 208 g/mol. The van der Waals surface area contributed by atoms with Gasteiger partial charge in [0.1, 0.15) is 6.10 Å². The van der Waals surface area contributed by atoms with Crippen molar-refractivity contribution >= 4 is 5.97 Å². The van der Waals surface area contributed by atoms with Crippen molar-refractivity contribution in [3.05, 3.63) is 12.7 Å². The second-order valence-corrected chi connectivity index (χ2v) is 3.46. The third kappa shape index (κ3) is 9.68. The summed E-state index contributed by atoms with van der Waals surface area (Å²) < 4.78 is 15.7. The summed E-state index contributed by atoms with van der Waals surface area (Å²) in [6.07, 6.45) is 3.09. The van der Waals surface area contributed by atoms with Crippen LogP contribution in [0.1, 0.15) is 26.7 Å². The van der Waals surface area contributed by atoms with E-state index < -0.39 is 0 Å². The quantitative estimate of drug-likeness (QED) is 0.327. The van der Waals surface area contributed by atoms with E-state index in [-0.39, 0.29) is 12.1 Å². The van der Waals surface area contributed by atoms with E-state index in [0.717, 1.165) is 13.0 Å². The maximum atomic E-state index is 10.8. The van der Waals surface area contributed by atoms with Crippen molar-refractivity contribution in [3.8, 4) is 0 Å². The summed E-state index contributed by atoms with van der Waals surface area (Å²) >= 11 is 0. The van der Waals surface area contributed by atoms with Crippen molar-refractivity contribution in [1.29, 1.82) is 0 Å². The van der Waals surface area contributed by atoms with Crippen LogP contribution in [0.4, 0.5) is 0 Å². The number of hydrogen-bond acceptors (Lipinski definition) is 4. The van der Waals surface area contributed by atoms with Crippen molar-refractivity contribution in [3.63, 3.8) is 0 Å². The van der Waals surface area contributed by atoms with Crippen LogP contribution in [-0.2, 0) is 19.0 Å². The van der Waals surface area contributed by atoms with Crippen LogP contribution in [0.25, 0.3) is 0 Å². The summed E-state index contributed by atoms with van der Waals surface area (Å²) in [6, 6.07) is 0. The van der Waals surface area contributed by atoms with Gasteiger partial charge >= 0.3 is 5.97 Å². The van der Waals surface area contributed by atoms with Crippen molar-refractivity contribution in [2.24, 2.45) is 0 Å². The smallest absolute Gasteiger partial charge is 0.302 e. The molecule has 0 aromatic rings. The van der Waals surface area contributed by atoms with E-state index in [0.29, 0.717) is 26.2 Å². The van der Waals surface area contributed by atoms with Crippen LogP contribution in [-0.4, -0.2) is 38.5 Å². The number of rotatable bonds is 10. The Morgan fingerprint density at radius 2 is 2.12 bits per heavy atom. The van der Waals surface area contributed by atoms with Gasteiger partial charge in [0.2, 0.25) is 0 Å². The molecule has 16 heavy (non-hydrogen) atoms. The fourth-order valence-corrected chi connectivity index (χ4v) is 1.15. The van der Waals surface area contributed by atoms with Gasteiger partial charge in [0, 0.05) is 20.0 Å². The summed E-state index contributed by atoms with van der Waals surface area (Å²) in [4.78, 5) is 10.8. The van der Waals surface area contributed by atoms with E-state index in [9.17, 15) is 4.79 Å². The number of esters is 1. The Morgan fingerprint density at radius 1 is 1.38 bits per heavy atom. The molecule has 0 aromatic carbocycles. The first-order valence-electron chi connectivity index (χ1n) is 5.64. The van der Waals surface area contributed by atoms with Gasteiger partial charge in [-0.25, -0.2) is 0 Å². The van der Waals surface area contributed by atoms with E-state index in [1.54, 1.807) is 6.08 Å². The average molecular weight is 230 g/mol. The lowest BCUT2D eigenvalue weighted by atomic mass is 10.3. The largest absolute Gasteiger partial charge is 0.460 e. The Balaban J connectivity index is 3.71. The zero-order chi connectivity index (χ0) is 12.2. The highest BCUT2D eigenvalue weighted by molar-refractivity contribution is 5.66. The normalized spacial score (nSPS) is 12.1. The predicted octanol–water partition coefficient (Wildman–Crippen LogP) is 1.94. The fourth-order valence-electron chi connectivity index (χ4n) is 1.15. The van der Waals surface area contributed by atoms with Crippen LogP contribution < -0.4 is 0 Å². The molecule has 0 fully saturated rings. The maximum Gasteiger partial charge on any atom is 0.302 e. The molecule has 0 amide bonds. The Labute approximate surface area is 97.6 Å². The molecule has 1 atom stereocenters. The third-order valence-electron chi connectivity index (χ3n) is 1.80. The van der Waals surface area contributed by atoms with Gasteiger partial charge in [-0.1, -0.05) is 13.0 Å². The van der Waals surface area contributed by atoms with Crippen molar-refractivity contribution in [1.82, 2.24) is 0 Å². The minimum Gasteiger partial charge on any atom is -0.460 e. The molecule has 4 nitrogen and oxygen atoms in total. The number of carbonyl (C=O) groups excluding carboxylic acids is 1. The van der Waals surface area contributed by atoms with Crippen molar-refractivity contribution < 1.29 is 19.0 Å². The zero-order valence-corrected chi connectivity index (χ0v) is 10.2. The maximum absolute atomic E-state index is 10.8. The van der Waals surface area contributed by atoms with Gasteiger partial charge in [0.25, 0.3) is 0 Å². The molecule has 0 aliphatic carbocycles. The van der Waals surface area contributed by atoms with Gasteiger partial charge in [0.15, 0.2) is 0 Å². The van der Waals surface area contributed by atoms with Crippen LogP contribution in [0, 0.1) is 0 Å². The lowest BCUT2D eigenvalue weighted by molar-refractivity contribution is -0.150. The molecule has 4 heteroatoms. The molecule has 0 aliphatic rings.